The lowest BCUT2D eigenvalue weighted by atomic mass is 10.5. The van der Waals surface area contributed by atoms with E-state index in [0.29, 0.717) is 5.54 Å². The van der Waals surface area contributed by atoms with Gasteiger partial charge < -0.3 is 4.57 Å². The summed E-state index contributed by atoms with van der Waals surface area (Å²) in [6, 6.07) is 0. The minimum atomic E-state index is -1.19. The van der Waals surface area contributed by atoms with Crippen molar-refractivity contribution in [2.24, 2.45) is 0 Å². The lowest BCUT2D eigenvalue weighted by molar-refractivity contribution is 0.614. The number of allylic oxidation sites excluding steroid dienone is 4. The van der Waals surface area contributed by atoms with Gasteiger partial charge in [-0.1, -0.05) is 37.4 Å². The Kier molecular flexibility index (Phi) is 2.35. The van der Waals surface area contributed by atoms with Crippen LogP contribution < -0.4 is 0 Å². The van der Waals surface area contributed by atoms with E-state index in [2.05, 4.69) is 56.1 Å². The minimum Gasteiger partial charge on any atom is -0.329 e. The van der Waals surface area contributed by atoms with Crippen molar-refractivity contribution in [2.75, 3.05) is 14.1 Å². The molecule has 1 aliphatic rings. The normalized spacial score (nSPS) is 18.6. The molecule has 0 aromatic rings. The van der Waals surface area contributed by atoms with Crippen LogP contribution in [0, 0.1) is 0 Å². The Labute approximate surface area is 70.5 Å². The highest BCUT2D eigenvalue weighted by Gasteiger charge is 2.31. The molecule has 1 nitrogen and oxygen atoms in total. The molecule has 0 radical (unpaired) electrons. The van der Waals surface area contributed by atoms with Crippen LogP contribution in [0.4, 0.5) is 0 Å². The maximum Gasteiger partial charge on any atom is 0.132 e. The van der Waals surface area contributed by atoms with Crippen LogP contribution in [-0.2, 0) is 0 Å². The van der Waals surface area contributed by atoms with Crippen LogP contribution >= 0.6 is 0 Å². The van der Waals surface area contributed by atoms with E-state index in [1.165, 1.54) is 0 Å². The van der Waals surface area contributed by atoms with Gasteiger partial charge in [-0.15, -0.1) is 0 Å². The highest BCUT2D eigenvalue weighted by Crippen LogP contribution is 2.29. The van der Waals surface area contributed by atoms with Crippen LogP contribution in [0.1, 0.15) is 0 Å². The largest absolute Gasteiger partial charge is 0.329 e. The molecule has 0 saturated heterocycles. The van der Waals surface area contributed by atoms with Crippen molar-refractivity contribution in [2.45, 2.75) is 18.6 Å². The predicted molar refractivity (Wildman–Crippen MR) is 53.2 cm³/mol. The predicted octanol–water partition coefficient (Wildman–Crippen LogP) is 2.25. The van der Waals surface area contributed by atoms with Gasteiger partial charge in [0.25, 0.3) is 0 Å². The van der Waals surface area contributed by atoms with E-state index in [4.69, 9.17) is 0 Å². The first-order valence-corrected chi connectivity index (χ1v) is 7.10. The van der Waals surface area contributed by atoms with Crippen molar-refractivity contribution >= 4 is 8.24 Å². The third kappa shape index (κ3) is 1.63. The number of hydrogen-bond acceptors (Lipinski definition) is 1. The lowest BCUT2D eigenvalue weighted by Crippen LogP contribution is -2.46. The van der Waals surface area contributed by atoms with E-state index >= 15 is 0 Å². The Morgan fingerprint density at radius 2 is 1.55 bits per heavy atom. The molecule has 11 heavy (non-hydrogen) atoms. The van der Waals surface area contributed by atoms with Crippen LogP contribution in [0.25, 0.3) is 0 Å². The summed E-state index contributed by atoms with van der Waals surface area (Å²) in [5.74, 6) is 0. The molecular formula is C9H17NSi. The van der Waals surface area contributed by atoms with Crippen molar-refractivity contribution in [1.82, 2.24) is 4.57 Å². The molecular weight excluding hydrogens is 150 g/mol. The van der Waals surface area contributed by atoms with E-state index in [9.17, 15) is 0 Å². The zero-order valence-electron chi connectivity index (χ0n) is 7.83. The van der Waals surface area contributed by atoms with Gasteiger partial charge in [-0.05, 0) is 14.1 Å². The Morgan fingerprint density at radius 3 is 1.91 bits per heavy atom. The standard InChI is InChI=1S/C9H17NSi/c1-10(2)11(3,4)9-7-5-6-8-9/h5-9H,1-4H3. The molecule has 62 valence electrons. The van der Waals surface area contributed by atoms with Gasteiger partial charge in [-0.2, -0.15) is 0 Å². The third-order valence-corrected chi connectivity index (χ3v) is 7.04. The van der Waals surface area contributed by atoms with E-state index in [0.717, 1.165) is 0 Å². The van der Waals surface area contributed by atoms with Crippen LogP contribution in [0.5, 0.6) is 0 Å². The second kappa shape index (κ2) is 2.95. The summed E-state index contributed by atoms with van der Waals surface area (Å²) in [6.07, 6.45) is 8.93. The number of rotatable bonds is 2. The summed E-state index contributed by atoms with van der Waals surface area (Å²) in [7, 11) is 3.19. The molecule has 0 bridgehead atoms. The Morgan fingerprint density at radius 1 is 1.09 bits per heavy atom. The summed E-state index contributed by atoms with van der Waals surface area (Å²) < 4.78 is 2.40. The Balaban J connectivity index is 2.72. The molecule has 1 aliphatic carbocycles. The van der Waals surface area contributed by atoms with E-state index < -0.39 is 8.24 Å². The molecule has 0 saturated carbocycles. The fourth-order valence-corrected chi connectivity index (χ4v) is 2.96. The average molecular weight is 167 g/mol. The molecule has 1 rings (SSSR count). The van der Waals surface area contributed by atoms with Crippen LogP contribution in [0.15, 0.2) is 24.3 Å². The van der Waals surface area contributed by atoms with Gasteiger partial charge in [0.05, 0.1) is 0 Å². The maximum atomic E-state index is 2.40. The van der Waals surface area contributed by atoms with Gasteiger partial charge in [0, 0.05) is 5.54 Å². The molecule has 0 heterocycles. The number of nitrogens with zero attached hydrogens (tertiary/aromatic N) is 1. The molecule has 0 aliphatic heterocycles. The Bertz CT molecular complexity index is 180. The second-order valence-electron chi connectivity index (χ2n) is 3.84. The summed E-state index contributed by atoms with van der Waals surface area (Å²) in [6.45, 7) is 4.80. The van der Waals surface area contributed by atoms with Gasteiger partial charge in [-0.25, -0.2) is 0 Å². The summed E-state index contributed by atoms with van der Waals surface area (Å²) in [5.41, 5.74) is 0.706. The summed E-state index contributed by atoms with van der Waals surface area (Å²) in [5, 5.41) is 0. The van der Waals surface area contributed by atoms with Crippen LogP contribution in [-0.4, -0.2) is 26.9 Å². The molecule has 0 aromatic heterocycles. The van der Waals surface area contributed by atoms with Crippen molar-refractivity contribution in [3.05, 3.63) is 24.3 Å². The van der Waals surface area contributed by atoms with Crippen LogP contribution in [0.3, 0.4) is 0 Å². The van der Waals surface area contributed by atoms with Gasteiger partial charge in [0.2, 0.25) is 0 Å². The molecule has 0 amide bonds. The first kappa shape index (κ1) is 8.75. The summed E-state index contributed by atoms with van der Waals surface area (Å²) >= 11 is 0. The van der Waals surface area contributed by atoms with Crippen molar-refractivity contribution in [3.8, 4) is 0 Å². The Hall–Kier alpha value is -0.343. The molecule has 0 spiro atoms. The van der Waals surface area contributed by atoms with E-state index in [-0.39, 0.29) is 0 Å². The molecule has 2 heteroatoms. The molecule has 0 aromatic carbocycles. The highest BCUT2D eigenvalue weighted by molar-refractivity contribution is 6.77. The quantitative estimate of drug-likeness (QED) is 0.570. The third-order valence-electron chi connectivity index (χ3n) is 2.72. The molecule has 0 atom stereocenters. The highest BCUT2D eigenvalue weighted by atomic mass is 28.3. The second-order valence-corrected chi connectivity index (χ2v) is 8.71. The van der Waals surface area contributed by atoms with E-state index in [1.807, 2.05) is 0 Å². The molecule has 0 N–H and O–H groups in total. The monoisotopic (exact) mass is 167 g/mol. The van der Waals surface area contributed by atoms with Crippen molar-refractivity contribution in [3.63, 3.8) is 0 Å². The average Bonchev–Trinajstić information content (AvgIpc) is 2.37. The van der Waals surface area contributed by atoms with Gasteiger partial charge in [-0.3, -0.25) is 0 Å². The van der Waals surface area contributed by atoms with Crippen LogP contribution in [0.2, 0.25) is 18.6 Å². The van der Waals surface area contributed by atoms with E-state index in [1.54, 1.807) is 0 Å². The number of hydrogen-bond donors (Lipinski definition) is 0. The topological polar surface area (TPSA) is 3.24 Å². The first-order valence-electron chi connectivity index (χ1n) is 4.07. The van der Waals surface area contributed by atoms with Crippen molar-refractivity contribution < 1.29 is 0 Å². The fraction of sp³-hybridized carbons (Fsp3) is 0.556. The first-order chi connectivity index (χ1) is 5.05. The fourth-order valence-electron chi connectivity index (χ4n) is 1.20. The smallest absolute Gasteiger partial charge is 0.132 e. The SMILES string of the molecule is CN(C)[Si](C)(C)C1C=CC=C1. The van der Waals surface area contributed by atoms with Gasteiger partial charge in [0.1, 0.15) is 8.24 Å². The lowest BCUT2D eigenvalue weighted by Gasteiger charge is -2.34. The maximum absolute atomic E-state index is 2.40. The van der Waals surface area contributed by atoms with Gasteiger partial charge >= 0.3 is 0 Å². The summed E-state index contributed by atoms with van der Waals surface area (Å²) in [4.78, 5) is 0. The minimum absolute atomic E-state index is 0.706. The van der Waals surface area contributed by atoms with Crippen molar-refractivity contribution in [1.29, 1.82) is 0 Å². The zero-order chi connectivity index (χ0) is 8.48. The zero-order valence-corrected chi connectivity index (χ0v) is 8.83. The van der Waals surface area contributed by atoms with Gasteiger partial charge in [0.15, 0.2) is 0 Å². The molecule has 0 fully saturated rings. The molecule has 0 unspecified atom stereocenters.